The lowest BCUT2D eigenvalue weighted by Gasteiger charge is -2.23. The zero-order valence-corrected chi connectivity index (χ0v) is 14.9. The number of amides is 1. The maximum absolute atomic E-state index is 11.1. The average Bonchev–Trinajstić information content (AvgIpc) is 3.34. The van der Waals surface area contributed by atoms with Crippen LogP contribution in [-0.4, -0.2) is 51.2 Å². The molecule has 0 bridgehead atoms. The molecule has 134 valence electrons. The highest BCUT2D eigenvalue weighted by Crippen LogP contribution is 2.35. The molecule has 0 unspecified atom stereocenters. The first-order valence-electron chi connectivity index (χ1n) is 9.52. The summed E-state index contributed by atoms with van der Waals surface area (Å²) in [5.74, 6) is 0.488. The molecule has 4 rings (SSSR count). The quantitative estimate of drug-likeness (QED) is 0.906. The first-order chi connectivity index (χ1) is 12.2. The summed E-state index contributed by atoms with van der Waals surface area (Å²) in [6.45, 7) is 5.10. The highest BCUT2D eigenvalue weighted by atomic mass is 16.1. The normalized spacial score (nSPS) is 22.0. The van der Waals surface area contributed by atoms with Gasteiger partial charge in [0.25, 0.3) is 0 Å². The molecule has 1 saturated heterocycles. The van der Waals surface area contributed by atoms with Crippen molar-refractivity contribution in [2.24, 2.45) is 0 Å². The second-order valence-electron chi connectivity index (χ2n) is 7.38. The molecule has 1 aliphatic carbocycles. The molecule has 1 atom stereocenters. The van der Waals surface area contributed by atoms with E-state index in [1.807, 2.05) is 16.9 Å². The molecule has 25 heavy (non-hydrogen) atoms. The largest absolute Gasteiger partial charge is 0.354 e. The third-order valence-corrected chi connectivity index (χ3v) is 5.68. The van der Waals surface area contributed by atoms with Crippen molar-refractivity contribution in [2.45, 2.75) is 57.5 Å². The molecule has 0 aromatic carbocycles. The second-order valence-corrected chi connectivity index (χ2v) is 7.38. The predicted molar refractivity (Wildman–Crippen MR) is 97.4 cm³/mol. The number of hydrogen-bond donors (Lipinski definition) is 1. The van der Waals surface area contributed by atoms with Crippen molar-refractivity contribution in [3.8, 4) is 0 Å². The Hall–Kier alpha value is -1.95. The van der Waals surface area contributed by atoms with Gasteiger partial charge in [-0.2, -0.15) is 5.10 Å². The van der Waals surface area contributed by atoms with Crippen LogP contribution in [-0.2, 0) is 11.3 Å². The third-order valence-electron chi connectivity index (χ3n) is 5.68. The van der Waals surface area contributed by atoms with E-state index in [2.05, 4.69) is 21.3 Å². The van der Waals surface area contributed by atoms with Crippen molar-refractivity contribution in [2.75, 3.05) is 19.6 Å². The summed E-state index contributed by atoms with van der Waals surface area (Å²) in [5, 5.41) is 8.92. The van der Waals surface area contributed by atoms with Crippen LogP contribution in [0.4, 0.5) is 0 Å². The Morgan fingerprint density at radius 3 is 2.96 bits per heavy atom. The van der Waals surface area contributed by atoms with E-state index < -0.39 is 0 Å². The maximum Gasteiger partial charge on any atom is 0.216 e. The van der Waals surface area contributed by atoms with Gasteiger partial charge in [0, 0.05) is 43.6 Å². The minimum Gasteiger partial charge on any atom is -0.354 e. The molecule has 2 aromatic rings. The van der Waals surface area contributed by atoms with Gasteiger partial charge in [-0.05, 0) is 37.9 Å². The summed E-state index contributed by atoms with van der Waals surface area (Å²) >= 11 is 0. The number of nitrogens with zero attached hydrogens (tertiary/aromatic N) is 4. The van der Waals surface area contributed by atoms with Crippen LogP contribution in [0.3, 0.4) is 0 Å². The Balaban J connectivity index is 1.54. The van der Waals surface area contributed by atoms with Crippen LogP contribution in [0.15, 0.2) is 18.3 Å². The summed E-state index contributed by atoms with van der Waals surface area (Å²) in [5.41, 5.74) is 2.12. The molecule has 0 radical (unpaired) electrons. The lowest BCUT2D eigenvalue weighted by atomic mass is 10.0. The van der Waals surface area contributed by atoms with E-state index in [1.165, 1.54) is 49.7 Å². The van der Waals surface area contributed by atoms with E-state index in [1.54, 1.807) is 6.92 Å². The molecule has 1 amide bonds. The van der Waals surface area contributed by atoms with Gasteiger partial charge in [-0.3, -0.25) is 9.69 Å². The van der Waals surface area contributed by atoms with Crippen molar-refractivity contribution >= 4 is 16.9 Å². The molecule has 6 nitrogen and oxygen atoms in total. The van der Waals surface area contributed by atoms with E-state index in [9.17, 15) is 4.79 Å². The highest BCUT2D eigenvalue weighted by molar-refractivity contribution is 5.79. The third kappa shape index (κ3) is 3.40. The van der Waals surface area contributed by atoms with E-state index >= 15 is 0 Å². The van der Waals surface area contributed by atoms with Crippen LogP contribution < -0.4 is 5.32 Å². The van der Waals surface area contributed by atoms with Gasteiger partial charge in [-0.1, -0.05) is 12.8 Å². The van der Waals surface area contributed by atoms with E-state index in [0.29, 0.717) is 19.0 Å². The lowest BCUT2D eigenvalue weighted by Crippen LogP contribution is -2.30. The summed E-state index contributed by atoms with van der Waals surface area (Å²) in [6, 6.07) is 4.92. The minimum atomic E-state index is -0.00681. The van der Waals surface area contributed by atoms with E-state index in [4.69, 9.17) is 5.10 Å². The van der Waals surface area contributed by atoms with Gasteiger partial charge >= 0.3 is 0 Å². The molecule has 2 aliphatic rings. The highest BCUT2D eigenvalue weighted by Gasteiger charge is 2.33. The van der Waals surface area contributed by atoms with Crippen molar-refractivity contribution in [3.05, 3.63) is 24.0 Å². The molecular weight excluding hydrogens is 314 g/mol. The fourth-order valence-corrected chi connectivity index (χ4v) is 4.44. The maximum atomic E-state index is 11.1. The molecule has 1 saturated carbocycles. The van der Waals surface area contributed by atoms with E-state index in [-0.39, 0.29) is 5.91 Å². The second kappa shape index (κ2) is 7.12. The molecular formula is C19H27N5O. The van der Waals surface area contributed by atoms with Gasteiger partial charge in [-0.25, -0.2) is 9.67 Å². The van der Waals surface area contributed by atoms with Gasteiger partial charge in [-0.15, -0.1) is 0 Å². The minimum absolute atomic E-state index is 0.00681. The number of nitrogens with one attached hydrogen (secondary N) is 1. The molecule has 2 fully saturated rings. The number of rotatable bonds is 5. The van der Waals surface area contributed by atoms with Crippen molar-refractivity contribution < 1.29 is 4.79 Å². The van der Waals surface area contributed by atoms with Crippen molar-refractivity contribution in [3.63, 3.8) is 0 Å². The van der Waals surface area contributed by atoms with Gasteiger partial charge in [0.1, 0.15) is 0 Å². The van der Waals surface area contributed by atoms with Crippen LogP contribution in [0.25, 0.3) is 11.0 Å². The average molecular weight is 341 g/mol. The fourth-order valence-electron chi connectivity index (χ4n) is 4.44. The standard InChI is InChI=1S/C19H27N5O/c1-14(25)20-10-12-24-19-17(7-4-9-21-19)18(22-24)15-8-11-23(13-15)16-5-2-3-6-16/h4,7,9,15-16H,2-3,5-6,8,10-13H2,1H3,(H,20,25)/t15-/m0/s1. The SMILES string of the molecule is CC(=O)NCCn1nc([C@H]2CCN(C3CCCC3)C2)c2cccnc21. The Bertz CT molecular complexity index is 749. The fraction of sp³-hybridized carbons (Fsp3) is 0.632. The number of fused-ring (bicyclic) bond motifs is 1. The van der Waals surface area contributed by atoms with Gasteiger partial charge in [0.05, 0.1) is 12.2 Å². The number of pyridine rings is 1. The number of aromatic nitrogens is 3. The van der Waals surface area contributed by atoms with Crippen LogP contribution in [0.1, 0.15) is 50.6 Å². The Morgan fingerprint density at radius 1 is 1.32 bits per heavy atom. The van der Waals surface area contributed by atoms with Crippen LogP contribution in [0.5, 0.6) is 0 Å². The van der Waals surface area contributed by atoms with E-state index in [0.717, 1.165) is 18.2 Å². The van der Waals surface area contributed by atoms with Crippen LogP contribution >= 0.6 is 0 Å². The molecule has 0 spiro atoms. The lowest BCUT2D eigenvalue weighted by molar-refractivity contribution is -0.118. The summed E-state index contributed by atoms with van der Waals surface area (Å²) in [7, 11) is 0. The molecule has 1 aliphatic heterocycles. The zero-order chi connectivity index (χ0) is 17.2. The van der Waals surface area contributed by atoms with Crippen LogP contribution in [0, 0.1) is 0 Å². The molecule has 6 heteroatoms. The topological polar surface area (TPSA) is 63.1 Å². The number of likely N-dealkylation sites (tertiary alicyclic amines) is 1. The molecule has 3 heterocycles. The summed E-state index contributed by atoms with van der Waals surface area (Å²) in [4.78, 5) is 18.3. The van der Waals surface area contributed by atoms with Crippen molar-refractivity contribution in [1.29, 1.82) is 0 Å². The Kier molecular flexibility index (Phi) is 4.70. The smallest absolute Gasteiger partial charge is 0.216 e. The van der Waals surface area contributed by atoms with Crippen molar-refractivity contribution in [1.82, 2.24) is 25.0 Å². The summed E-state index contributed by atoms with van der Waals surface area (Å²) in [6.07, 6.45) is 8.50. The molecule has 2 aromatic heterocycles. The summed E-state index contributed by atoms with van der Waals surface area (Å²) < 4.78 is 1.96. The number of hydrogen-bond acceptors (Lipinski definition) is 4. The molecule has 1 N–H and O–H groups in total. The van der Waals surface area contributed by atoms with Gasteiger partial charge in [0.2, 0.25) is 5.91 Å². The number of carbonyl (C=O) groups excluding carboxylic acids is 1. The van der Waals surface area contributed by atoms with Gasteiger partial charge < -0.3 is 5.32 Å². The monoisotopic (exact) mass is 341 g/mol. The van der Waals surface area contributed by atoms with Crippen LogP contribution in [0.2, 0.25) is 0 Å². The predicted octanol–water partition coefficient (Wildman–Crippen LogP) is 2.30. The van der Waals surface area contributed by atoms with Gasteiger partial charge in [0.15, 0.2) is 5.65 Å². The first kappa shape index (κ1) is 16.5. The first-order valence-corrected chi connectivity index (χ1v) is 9.52. The Morgan fingerprint density at radius 2 is 2.16 bits per heavy atom. The Labute approximate surface area is 148 Å². The zero-order valence-electron chi connectivity index (χ0n) is 14.9. The number of carbonyl (C=O) groups is 1.